The van der Waals surface area contributed by atoms with Crippen LogP contribution in [-0.2, 0) is 23.6 Å². The topological polar surface area (TPSA) is 112 Å². The molecule has 0 bridgehead atoms. The molecule has 2 aromatic heterocycles. The lowest BCUT2D eigenvalue weighted by atomic mass is 10.1. The van der Waals surface area contributed by atoms with Crippen molar-refractivity contribution in [1.82, 2.24) is 24.2 Å². The number of ether oxygens (including phenoxy) is 1. The van der Waals surface area contributed by atoms with Gasteiger partial charge in [-0.3, -0.25) is 9.58 Å². The number of fused-ring (bicyclic) bond motifs is 1. The Kier molecular flexibility index (Phi) is 7.56. The summed E-state index contributed by atoms with van der Waals surface area (Å²) in [7, 11) is 0. The number of aromatic nitrogens is 4. The average molecular weight is 560 g/mol. The van der Waals surface area contributed by atoms with E-state index in [1.165, 1.54) is 6.07 Å². The highest BCUT2D eigenvalue weighted by molar-refractivity contribution is 7.98. The molecule has 2 fully saturated rings. The molecule has 206 valence electrons. The number of nitriles is 1. The average Bonchev–Trinajstić information content (AvgIpc) is 3.54. The maximum Gasteiger partial charge on any atom is 0.128 e. The molecule has 0 N–H and O–H groups in total. The minimum absolute atomic E-state index is 0.113. The molecule has 0 saturated carbocycles. The molecular weight excluding hydrogens is 531 g/mol. The Balaban J connectivity index is 1.12. The van der Waals surface area contributed by atoms with E-state index in [-0.39, 0.29) is 23.5 Å². The number of halogens is 1. The number of rotatable bonds is 9. The van der Waals surface area contributed by atoms with E-state index < -0.39 is 5.97 Å². The van der Waals surface area contributed by atoms with Crippen LogP contribution < -0.4 is 5.11 Å². The Hall–Kier alpha value is -3.72. The molecule has 1 atom stereocenters. The number of nitrogens with zero attached hydrogens (tertiary/aromatic N) is 6. The first-order chi connectivity index (χ1) is 19.5. The zero-order valence-electron chi connectivity index (χ0n) is 21.8. The van der Waals surface area contributed by atoms with E-state index in [1.807, 2.05) is 16.8 Å². The Bertz CT molecular complexity index is 1580. The number of piperidine rings is 1. The van der Waals surface area contributed by atoms with Crippen LogP contribution in [0.15, 0.2) is 53.7 Å². The lowest BCUT2D eigenvalue weighted by Gasteiger charge is -2.33. The van der Waals surface area contributed by atoms with Crippen molar-refractivity contribution < 1.29 is 19.0 Å². The smallest absolute Gasteiger partial charge is 0.128 e. The SMILES string of the molecule is N#Cc1ccc(CSc2ccnn2C2CCN(Cc3nc4ccc(C(=O)[O-])cc4n3C[C@@H]3CCO3)CC2)c(F)c1. The Morgan fingerprint density at radius 1 is 1.18 bits per heavy atom. The Morgan fingerprint density at radius 2 is 2.00 bits per heavy atom. The highest BCUT2D eigenvalue weighted by Crippen LogP contribution is 2.31. The van der Waals surface area contributed by atoms with E-state index in [0.29, 0.717) is 30.0 Å². The van der Waals surface area contributed by atoms with Crippen molar-refractivity contribution in [1.29, 1.82) is 5.26 Å². The normalized spacial score (nSPS) is 18.1. The number of carboxylic acid groups (broad SMARTS) is 1. The van der Waals surface area contributed by atoms with Gasteiger partial charge < -0.3 is 19.2 Å². The number of carboxylic acids is 1. The molecule has 4 heterocycles. The van der Waals surface area contributed by atoms with Crippen molar-refractivity contribution in [2.24, 2.45) is 0 Å². The molecule has 11 heteroatoms. The van der Waals surface area contributed by atoms with Gasteiger partial charge in [-0.1, -0.05) is 12.1 Å². The van der Waals surface area contributed by atoms with Crippen LogP contribution in [0.3, 0.4) is 0 Å². The third kappa shape index (κ3) is 5.47. The van der Waals surface area contributed by atoms with Gasteiger partial charge in [0.25, 0.3) is 0 Å². The molecule has 9 nitrogen and oxygen atoms in total. The lowest BCUT2D eigenvalue weighted by molar-refractivity contribution is -0.255. The zero-order valence-corrected chi connectivity index (χ0v) is 22.6. The summed E-state index contributed by atoms with van der Waals surface area (Å²) in [6, 6.07) is 13.7. The molecular formula is C29H28FN6O3S-. The summed E-state index contributed by atoms with van der Waals surface area (Å²) in [5.74, 6) is -0.199. The maximum absolute atomic E-state index is 14.4. The van der Waals surface area contributed by atoms with Crippen molar-refractivity contribution in [3.8, 4) is 6.07 Å². The molecule has 2 aliphatic rings. The second kappa shape index (κ2) is 11.4. The summed E-state index contributed by atoms with van der Waals surface area (Å²) in [5, 5.41) is 26.0. The number of carbonyl (C=O) groups excluding carboxylic acids is 1. The molecule has 2 saturated heterocycles. The van der Waals surface area contributed by atoms with Crippen LogP contribution in [0.5, 0.6) is 0 Å². The van der Waals surface area contributed by atoms with Gasteiger partial charge in [0.15, 0.2) is 0 Å². The highest BCUT2D eigenvalue weighted by atomic mass is 32.2. The van der Waals surface area contributed by atoms with Gasteiger partial charge in [0.05, 0.1) is 65.1 Å². The van der Waals surface area contributed by atoms with Gasteiger partial charge in [0.2, 0.25) is 0 Å². The molecule has 2 aliphatic heterocycles. The molecule has 2 aromatic carbocycles. The van der Waals surface area contributed by atoms with Gasteiger partial charge in [0.1, 0.15) is 11.6 Å². The number of hydrogen-bond acceptors (Lipinski definition) is 8. The fourth-order valence-electron chi connectivity index (χ4n) is 5.35. The summed E-state index contributed by atoms with van der Waals surface area (Å²) < 4.78 is 24.2. The van der Waals surface area contributed by atoms with Crippen LogP contribution in [0, 0.1) is 17.1 Å². The van der Waals surface area contributed by atoms with Crippen LogP contribution in [0.25, 0.3) is 11.0 Å². The standard InChI is InChI=1S/C29H29FN6O3S/c30-24-13-19(15-31)1-2-21(24)18-40-28-5-9-32-36(28)22-6-10-34(11-7-22)17-27-33-25-4-3-20(29(37)38)14-26(25)35(27)16-23-8-12-39-23/h1-5,9,13-14,22-23H,6-8,10-12,16-18H2,(H,37,38)/p-1/t23-/m0/s1. The third-order valence-corrected chi connectivity index (χ3v) is 8.78. The van der Waals surface area contributed by atoms with Crippen molar-refractivity contribution >= 4 is 28.8 Å². The molecule has 0 spiro atoms. The third-order valence-electron chi connectivity index (χ3n) is 7.70. The second-order valence-corrected chi connectivity index (χ2v) is 11.2. The summed E-state index contributed by atoms with van der Waals surface area (Å²) >= 11 is 1.54. The van der Waals surface area contributed by atoms with E-state index >= 15 is 0 Å². The van der Waals surface area contributed by atoms with E-state index in [0.717, 1.165) is 60.8 Å². The second-order valence-electron chi connectivity index (χ2n) is 10.2. The number of imidazole rings is 1. The number of likely N-dealkylation sites (tertiary alicyclic amines) is 1. The Labute approximate surface area is 235 Å². The van der Waals surface area contributed by atoms with E-state index in [1.54, 1.807) is 48.3 Å². The highest BCUT2D eigenvalue weighted by Gasteiger charge is 2.26. The van der Waals surface area contributed by atoms with Crippen molar-refractivity contribution in [2.45, 2.75) is 55.3 Å². The number of thioether (sulfide) groups is 1. The van der Waals surface area contributed by atoms with Gasteiger partial charge in [-0.2, -0.15) is 10.4 Å². The molecule has 0 amide bonds. The van der Waals surface area contributed by atoms with Crippen molar-refractivity contribution in [2.75, 3.05) is 19.7 Å². The fourth-order valence-corrected chi connectivity index (χ4v) is 6.38. The molecule has 0 radical (unpaired) electrons. The molecule has 0 unspecified atom stereocenters. The van der Waals surface area contributed by atoms with Crippen LogP contribution >= 0.6 is 11.8 Å². The van der Waals surface area contributed by atoms with Gasteiger partial charge >= 0.3 is 0 Å². The predicted octanol–water partition coefficient (Wildman–Crippen LogP) is 3.53. The summed E-state index contributed by atoms with van der Waals surface area (Å²) in [6.07, 6.45) is 4.72. The van der Waals surface area contributed by atoms with E-state index in [4.69, 9.17) is 15.0 Å². The molecule has 40 heavy (non-hydrogen) atoms. The molecule has 4 aromatic rings. The number of carbonyl (C=O) groups is 1. The van der Waals surface area contributed by atoms with Gasteiger partial charge in [-0.25, -0.2) is 9.37 Å². The molecule has 6 rings (SSSR count). The zero-order chi connectivity index (χ0) is 27.6. The maximum atomic E-state index is 14.4. The minimum Gasteiger partial charge on any atom is -0.545 e. The van der Waals surface area contributed by atoms with E-state index in [2.05, 4.69) is 14.6 Å². The number of aromatic carboxylic acids is 1. The Morgan fingerprint density at radius 3 is 2.70 bits per heavy atom. The summed E-state index contributed by atoms with van der Waals surface area (Å²) in [5.41, 5.74) is 2.58. The largest absolute Gasteiger partial charge is 0.545 e. The first-order valence-electron chi connectivity index (χ1n) is 13.4. The quantitative estimate of drug-likeness (QED) is 0.287. The van der Waals surface area contributed by atoms with Crippen LogP contribution in [0.1, 0.15) is 52.6 Å². The first kappa shape index (κ1) is 26.5. The summed E-state index contributed by atoms with van der Waals surface area (Å²) in [6.45, 7) is 3.79. The minimum atomic E-state index is -1.20. The van der Waals surface area contributed by atoms with Gasteiger partial charge in [0, 0.05) is 25.4 Å². The molecule has 0 aliphatic carbocycles. The number of benzene rings is 2. The van der Waals surface area contributed by atoms with Crippen molar-refractivity contribution in [3.05, 3.63) is 77.0 Å². The first-order valence-corrected chi connectivity index (χ1v) is 14.4. The van der Waals surface area contributed by atoms with Gasteiger partial charge in [-0.05, 0) is 60.7 Å². The monoisotopic (exact) mass is 559 g/mol. The van der Waals surface area contributed by atoms with Crippen LogP contribution in [-0.4, -0.2) is 56.0 Å². The predicted molar refractivity (Wildman–Crippen MR) is 145 cm³/mol. The van der Waals surface area contributed by atoms with E-state index in [9.17, 15) is 14.3 Å². The fraction of sp³-hybridized carbons (Fsp3) is 0.379. The van der Waals surface area contributed by atoms with Crippen molar-refractivity contribution in [3.63, 3.8) is 0 Å². The number of hydrogen-bond donors (Lipinski definition) is 0. The lowest BCUT2D eigenvalue weighted by Crippen LogP contribution is -2.36. The summed E-state index contributed by atoms with van der Waals surface area (Å²) in [4.78, 5) is 18.7. The van der Waals surface area contributed by atoms with Gasteiger partial charge in [-0.15, -0.1) is 11.8 Å². The van der Waals surface area contributed by atoms with Crippen LogP contribution in [0.4, 0.5) is 4.39 Å². The van der Waals surface area contributed by atoms with Crippen LogP contribution in [0.2, 0.25) is 0 Å².